The van der Waals surface area contributed by atoms with E-state index >= 15 is 0 Å². The van der Waals surface area contributed by atoms with Gasteiger partial charge in [-0.2, -0.15) is 0 Å². The van der Waals surface area contributed by atoms with Crippen molar-refractivity contribution >= 4 is 23.1 Å². The van der Waals surface area contributed by atoms with Crippen molar-refractivity contribution in [3.8, 4) is 5.75 Å². The molecule has 0 N–H and O–H groups in total. The van der Waals surface area contributed by atoms with Crippen LogP contribution in [0.15, 0.2) is 60.8 Å². The summed E-state index contributed by atoms with van der Waals surface area (Å²) in [4.78, 5) is 8.80. The lowest BCUT2D eigenvalue weighted by Crippen LogP contribution is -1.98. The van der Waals surface area contributed by atoms with Gasteiger partial charge in [0.1, 0.15) is 12.4 Å². The summed E-state index contributed by atoms with van der Waals surface area (Å²) < 4.78 is 32.7. The van der Waals surface area contributed by atoms with Gasteiger partial charge in [0.2, 0.25) is 0 Å². The minimum Gasteiger partial charge on any atom is -0.487 e. The first kappa shape index (κ1) is 17.5. The monoisotopic (exact) mass is 386 g/mol. The van der Waals surface area contributed by atoms with Crippen LogP contribution in [0.5, 0.6) is 5.75 Å². The van der Waals surface area contributed by atoms with Gasteiger partial charge in [0, 0.05) is 24.1 Å². The van der Waals surface area contributed by atoms with Crippen LogP contribution >= 0.6 is 0 Å². The van der Waals surface area contributed by atoms with Crippen molar-refractivity contribution in [2.24, 2.45) is 0 Å². The summed E-state index contributed by atoms with van der Waals surface area (Å²) in [6, 6.07) is 15.8. The molecule has 142 valence electrons. The Morgan fingerprint density at radius 2 is 1.79 bits per heavy atom. The SMILES string of the molecule is Fc1cc2ccc(/C=C/c3ccc4c(c3)Cc3cccnc3CO4)nc2cc1F. The topological polar surface area (TPSA) is 35.0 Å². The van der Waals surface area contributed by atoms with Crippen LogP contribution < -0.4 is 4.74 Å². The molecule has 29 heavy (non-hydrogen) atoms. The number of ether oxygens (including phenoxy) is 1. The summed E-state index contributed by atoms with van der Waals surface area (Å²) in [6.07, 6.45) is 6.35. The van der Waals surface area contributed by atoms with E-state index in [1.165, 1.54) is 0 Å². The number of aromatic nitrogens is 2. The van der Waals surface area contributed by atoms with E-state index in [0.29, 0.717) is 23.2 Å². The first-order chi connectivity index (χ1) is 14.2. The van der Waals surface area contributed by atoms with Gasteiger partial charge in [-0.15, -0.1) is 0 Å². The quantitative estimate of drug-likeness (QED) is 0.452. The highest BCUT2D eigenvalue weighted by Crippen LogP contribution is 2.29. The van der Waals surface area contributed by atoms with Crippen LogP contribution in [0.1, 0.15) is 28.1 Å². The summed E-state index contributed by atoms with van der Waals surface area (Å²) >= 11 is 0. The molecule has 0 atom stereocenters. The molecule has 0 aliphatic carbocycles. The van der Waals surface area contributed by atoms with Gasteiger partial charge in [-0.25, -0.2) is 13.8 Å². The van der Waals surface area contributed by atoms with Gasteiger partial charge in [0.05, 0.1) is 16.9 Å². The lowest BCUT2D eigenvalue weighted by atomic mass is 10.0. The molecule has 3 nitrogen and oxygen atoms in total. The van der Waals surface area contributed by atoms with Gasteiger partial charge < -0.3 is 4.74 Å². The number of pyridine rings is 2. The fraction of sp³-hybridized carbons (Fsp3) is 0.0833. The maximum Gasteiger partial charge on any atom is 0.161 e. The maximum absolute atomic E-state index is 13.5. The zero-order valence-corrected chi connectivity index (χ0v) is 15.4. The number of fused-ring (bicyclic) bond motifs is 3. The Morgan fingerprint density at radius 1 is 0.897 bits per heavy atom. The smallest absolute Gasteiger partial charge is 0.161 e. The number of hydrogen-bond acceptors (Lipinski definition) is 3. The fourth-order valence-corrected chi connectivity index (χ4v) is 3.50. The molecule has 0 spiro atoms. The van der Waals surface area contributed by atoms with Gasteiger partial charge in [0.15, 0.2) is 11.6 Å². The third-order valence-electron chi connectivity index (χ3n) is 5.01. The van der Waals surface area contributed by atoms with E-state index in [1.807, 2.05) is 30.4 Å². The van der Waals surface area contributed by atoms with Gasteiger partial charge >= 0.3 is 0 Å². The van der Waals surface area contributed by atoms with Gasteiger partial charge in [-0.05, 0) is 53.1 Å². The van der Waals surface area contributed by atoms with Crippen LogP contribution in [-0.4, -0.2) is 9.97 Å². The van der Waals surface area contributed by atoms with Crippen molar-refractivity contribution in [1.82, 2.24) is 9.97 Å². The van der Waals surface area contributed by atoms with E-state index < -0.39 is 11.6 Å². The normalized spacial score (nSPS) is 13.0. The number of nitrogens with zero attached hydrogens (tertiary/aromatic N) is 2. The van der Waals surface area contributed by atoms with Crippen molar-refractivity contribution in [1.29, 1.82) is 0 Å². The largest absolute Gasteiger partial charge is 0.487 e. The molecule has 0 saturated carbocycles. The van der Waals surface area contributed by atoms with Gasteiger partial charge in [-0.3, -0.25) is 4.98 Å². The molecule has 5 heteroatoms. The second kappa shape index (κ2) is 7.09. The summed E-state index contributed by atoms with van der Waals surface area (Å²) in [5.41, 5.74) is 5.33. The highest BCUT2D eigenvalue weighted by molar-refractivity contribution is 5.81. The molecule has 0 radical (unpaired) electrons. The molecule has 0 fully saturated rings. The molecule has 0 bridgehead atoms. The minimum absolute atomic E-state index is 0.422. The molecule has 2 aromatic carbocycles. The number of benzene rings is 2. The van der Waals surface area contributed by atoms with Crippen LogP contribution in [0.25, 0.3) is 23.1 Å². The van der Waals surface area contributed by atoms with Crippen LogP contribution in [0, 0.1) is 11.6 Å². The Labute approximate surface area is 166 Å². The molecule has 0 saturated heterocycles. The van der Waals surface area contributed by atoms with E-state index in [2.05, 4.69) is 22.1 Å². The second-order valence-corrected chi connectivity index (χ2v) is 6.97. The van der Waals surface area contributed by atoms with E-state index in [4.69, 9.17) is 4.74 Å². The van der Waals surface area contributed by atoms with Crippen molar-refractivity contribution in [3.63, 3.8) is 0 Å². The molecule has 0 unspecified atom stereocenters. The van der Waals surface area contributed by atoms with Crippen LogP contribution in [0.4, 0.5) is 8.78 Å². The maximum atomic E-state index is 13.5. The Balaban J connectivity index is 1.44. The standard InChI is InChI=1S/C24H16F2N2O/c25-20-12-17-5-7-19(28-22(17)13-21(20)26)6-3-15-4-8-24-18(10-15)11-16-2-1-9-27-23(16)14-29-24/h1-10,12-13H,11,14H2/b6-3+. The van der Waals surface area contributed by atoms with E-state index in [-0.39, 0.29) is 0 Å². The van der Waals surface area contributed by atoms with Crippen LogP contribution in [0.2, 0.25) is 0 Å². The molecule has 3 heterocycles. The molecule has 2 aromatic heterocycles. The molecule has 1 aliphatic heterocycles. The summed E-state index contributed by atoms with van der Waals surface area (Å²) in [5, 5.41) is 0.565. The zero-order chi connectivity index (χ0) is 19.8. The van der Waals surface area contributed by atoms with Gasteiger partial charge in [-0.1, -0.05) is 24.3 Å². The van der Waals surface area contributed by atoms with E-state index in [0.717, 1.165) is 46.7 Å². The van der Waals surface area contributed by atoms with E-state index in [9.17, 15) is 8.78 Å². The molecule has 5 rings (SSSR count). The third-order valence-corrected chi connectivity index (χ3v) is 5.01. The Hall–Kier alpha value is -3.60. The average molecular weight is 386 g/mol. The lowest BCUT2D eigenvalue weighted by molar-refractivity contribution is 0.302. The Bertz CT molecular complexity index is 1270. The highest BCUT2D eigenvalue weighted by atomic mass is 19.2. The number of hydrogen-bond donors (Lipinski definition) is 0. The number of rotatable bonds is 2. The third kappa shape index (κ3) is 3.47. The summed E-state index contributed by atoms with van der Waals surface area (Å²) in [6.45, 7) is 0.469. The minimum atomic E-state index is -0.897. The highest BCUT2D eigenvalue weighted by Gasteiger charge is 2.14. The number of halogens is 2. The van der Waals surface area contributed by atoms with Crippen molar-refractivity contribution < 1.29 is 13.5 Å². The Morgan fingerprint density at radius 3 is 2.72 bits per heavy atom. The van der Waals surface area contributed by atoms with Crippen molar-refractivity contribution in [3.05, 3.63) is 101 Å². The van der Waals surface area contributed by atoms with Crippen molar-refractivity contribution in [2.75, 3.05) is 0 Å². The zero-order valence-electron chi connectivity index (χ0n) is 15.4. The van der Waals surface area contributed by atoms with Gasteiger partial charge in [0.25, 0.3) is 0 Å². The Kier molecular flexibility index (Phi) is 4.28. The van der Waals surface area contributed by atoms with E-state index in [1.54, 1.807) is 18.3 Å². The molecule has 1 aliphatic rings. The summed E-state index contributed by atoms with van der Waals surface area (Å²) in [5.74, 6) is -0.903. The second-order valence-electron chi connectivity index (χ2n) is 6.97. The molecular formula is C24H16F2N2O. The van der Waals surface area contributed by atoms with Crippen LogP contribution in [-0.2, 0) is 13.0 Å². The van der Waals surface area contributed by atoms with Crippen molar-refractivity contribution in [2.45, 2.75) is 13.0 Å². The molecule has 0 amide bonds. The van der Waals surface area contributed by atoms with Crippen LogP contribution in [0.3, 0.4) is 0 Å². The molecule has 4 aromatic rings. The predicted molar refractivity (Wildman–Crippen MR) is 108 cm³/mol. The fourth-order valence-electron chi connectivity index (χ4n) is 3.50. The summed E-state index contributed by atoms with van der Waals surface area (Å²) in [7, 11) is 0. The predicted octanol–water partition coefficient (Wildman–Crippen LogP) is 5.56. The molecular weight excluding hydrogens is 370 g/mol. The lowest BCUT2D eigenvalue weighted by Gasteiger charge is -2.07. The average Bonchev–Trinajstić information content (AvgIpc) is 2.92. The first-order valence-electron chi connectivity index (χ1n) is 9.28. The first-order valence-corrected chi connectivity index (χ1v) is 9.28.